The molecule has 5 nitrogen and oxygen atoms in total. The first-order chi connectivity index (χ1) is 12.7. The minimum Gasteiger partial charge on any atom is -0.493 e. The molecule has 0 radical (unpaired) electrons. The fourth-order valence-electron chi connectivity index (χ4n) is 4.17. The van der Waals surface area contributed by atoms with Crippen LogP contribution in [0.4, 0.5) is 5.69 Å². The Morgan fingerprint density at radius 3 is 2.54 bits per heavy atom. The van der Waals surface area contributed by atoms with Crippen LogP contribution in [0.3, 0.4) is 0 Å². The van der Waals surface area contributed by atoms with E-state index in [1.807, 2.05) is 6.07 Å². The molecule has 0 saturated heterocycles. The summed E-state index contributed by atoms with van der Waals surface area (Å²) in [6.45, 7) is 1.17. The number of rotatable bonds is 2. The molecule has 0 aromatic heterocycles. The Morgan fingerprint density at radius 1 is 0.962 bits per heavy atom. The molecule has 1 unspecified atom stereocenters. The molecule has 0 amide bonds. The molecule has 1 N–H and O–H groups in total. The van der Waals surface area contributed by atoms with Crippen molar-refractivity contribution < 1.29 is 23.8 Å². The Hall–Kier alpha value is -2.92. The van der Waals surface area contributed by atoms with Gasteiger partial charge in [0.15, 0.2) is 23.0 Å². The normalized spacial score (nSPS) is 17.0. The van der Waals surface area contributed by atoms with E-state index >= 15 is 0 Å². The van der Waals surface area contributed by atoms with Gasteiger partial charge in [-0.3, -0.25) is 0 Å². The largest absolute Gasteiger partial charge is 0.493 e. The number of hydrogen-bond acceptors (Lipinski definition) is 4. The minimum atomic E-state index is 0.282. The first kappa shape index (κ1) is 15.3. The summed E-state index contributed by atoms with van der Waals surface area (Å²) in [6, 6.07) is 12.6. The Morgan fingerprint density at radius 2 is 1.77 bits per heavy atom. The zero-order valence-electron chi connectivity index (χ0n) is 15.0. The van der Waals surface area contributed by atoms with Crippen LogP contribution >= 0.6 is 0 Å². The molecule has 2 aliphatic rings. The predicted octanol–water partition coefficient (Wildman–Crippen LogP) is 2.91. The molecule has 5 heteroatoms. The van der Waals surface area contributed by atoms with Crippen LogP contribution in [0.25, 0.3) is 21.9 Å². The molecule has 3 aromatic rings. The molecule has 0 fully saturated rings. The lowest BCUT2D eigenvalue weighted by Gasteiger charge is -2.28. The van der Waals surface area contributed by atoms with Gasteiger partial charge in [-0.15, -0.1) is 0 Å². The van der Waals surface area contributed by atoms with Gasteiger partial charge in [-0.05, 0) is 35.7 Å². The number of nitrogens with one attached hydrogen (secondary N) is 1. The van der Waals surface area contributed by atoms with E-state index in [9.17, 15) is 0 Å². The Kier molecular flexibility index (Phi) is 3.27. The van der Waals surface area contributed by atoms with Gasteiger partial charge in [-0.1, -0.05) is 6.07 Å². The van der Waals surface area contributed by atoms with Crippen molar-refractivity contribution in [2.24, 2.45) is 0 Å². The van der Waals surface area contributed by atoms with Gasteiger partial charge in [0, 0.05) is 22.1 Å². The van der Waals surface area contributed by atoms with E-state index in [0.717, 1.165) is 40.5 Å². The van der Waals surface area contributed by atoms with E-state index in [4.69, 9.17) is 18.9 Å². The van der Waals surface area contributed by atoms with Crippen LogP contribution in [0.2, 0.25) is 0 Å². The molecule has 1 atom stereocenters. The molecule has 0 bridgehead atoms. The molecule has 26 heavy (non-hydrogen) atoms. The molecular weight excluding hydrogens is 330 g/mol. The molecule has 2 heterocycles. The van der Waals surface area contributed by atoms with Gasteiger partial charge in [-0.25, -0.2) is 0 Å². The van der Waals surface area contributed by atoms with E-state index < -0.39 is 0 Å². The van der Waals surface area contributed by atoms with Gasteiger partial charge in [0.25, 0.3) is 0 Å². The lowest BCUT2D eigenvalue weighted by Crippen LogP contribution is -3.03. The van der Waals surface area contributed by atoms with E-state index in [2.05, 4.69) is 37.4 Å². The van der Waals surface area contributed by atoms with Crippen LogP contribution < -0.4 is 23.8 Å². The van der Waals surface area contributed by atoms with E-state index in [1.54, 1.807) is 14.2 Å². The quantitative estimate of drug-likeness (QED) is 0.772. The van der Waals surface area contributed by atoms with E-state index in [0.29, 0.717) is 0 Å². The Bertz CT molecular complexity index is 1040. The first-order valence-corrected chi connectivity index (χ1v) is 8.64. The summed E-state index contributed by atoms with van der Waals surface area (Å²) in [5.74, 6) is 3.16. The monoisotopic (exact) mass is 350 g/mol. The van der Waals surface area contributed by atoms with Gasteiger partial charge in [-0.2, -0.15) is 0 Å². The molecule has 2 aliphatic heterocycles. The van der Waals surface area contributed by atoms with E-state index in [1.165, 1.54) is 27.1 Å². The van der Waals surface area contributed by atoms with Gasteiger partial charge >= 0.3 is 0 Å². The molecule has 132 valence electrons. The highest BCUT2D eigenvalue weighted by Gasteiger charge is 2.31. The van der Waals surface area contributed by atoms with Gasteiger partial charge in [0.05, 0.1) is 21.3 Å². The van der Waals surface area contributed by atoms with Crippen LogP contribution in [-0.2, 0) is 6.54 Å². The number of hydrogen-bond donors (Lipinski definition) is 1. The van der Waals surface area contributed by atoms with Crippen LogP contribution in [0.5, 0.6) is 23.0 Å². The minimum absolute atomic E-state index is 0.282. The highest BCUT2D eigenvalue weighted by atomic mass is 16.7. The summed E-state index contributed by atoms with van der Waals surface area (Å²) < 4.78 is 22.4. The van der Waals surface area contributed by atoms with Crippen molar-refractivity contribution in [3.63, 3.8) is 0 Å². The molecule has 3 aromatic carbocycles. The highest BCUT2D eigenvalue weighted by Crippen LogP contribution is 2.47. The van der Waals surface area contributed by atoms with Crippen molar-refractivity contribution >= 4 is 16.5 Å². The average molecular weight is 350 g/mol. The fourth-order valence-corrected chi connectivity index (χ4v) is 4.17. The second kappa shape index (κ2) is 5.54. The van der Waals surface area contributed by atoms with Crippen LogP contribution in [0.1, 0.15) is 5.56 Å². The van der Waals surface area contributed by atoms with Gasteiger partial charge in [0.1, 0.15) is 12.2 Å². The third-order valence-corrected chi connectivity index (χ3v) is 5.30. The second-order valence-corrected chi connectivity index (χ2v) is 6.71. The summed E-state index contributed by atoms with van der Waals surface area (Å²) in [6.07, 6.45) is 0. The summed E-state index contributed by atoms with van der Waals surface area (Å²) in [5, 5.41) is 2.33. The Labute approximate surface area is 151 Å². The highest BCUT2D eigenvalue weighted by molar-refractivity contribution is 6.01. The number of benzene rings is 3. The fraction of sp³-hybridized carbons (Fsp3) is 0.238. The zero-order valence-corrected chi connectivity index (χ0v) is 15.0. The third kappa shape index (κ3) is 2.01. The standard InChI is InChI=1S/C21H19NO4/c1-22-10-13-5-7-16(23-2)21(24-3)19(13)14-6-4-12-8-17-18(26-11-25-17)9-15(12)20(14)22/h4-9H,10-11H2,1-3H3/p+1. The smallest absolute Gasteiger partial charge is 0.231 e. The number of ether oxygens (including phenoxy) is 4. The first-order valence-electron chi connectivity index (χ1n) is 8.64. The SMILES string of the molecule is COc1ccc2c(c1OC)-c1ccc3cc4c(cc3c1[NH+](C)C2)OCO4. The predicted molar refractivity (Wildman–Crippen MR) is 98.9 cm³/mol. The van der Waals surface area contributed by atoms with Crippen LogP contribution in [0, 0.1) is 0 Å². The maximum atomic E-state index is 5.73. The summed E-state index contributed by atoms with van der Waals surface area (Å²) in [4.78, 5) is 1.34. The maximum absolute atomic E-state index is 5.73. The number of quaternary nitrogens is 1. The average Bonchev–Trinajstić information content (AvgIpc) is 3.12. The van der Waals surface area contributed by atoms with Crippen molar-refractivity contribution in [3.05, 3.63) is 42.0 Å². The van der Waals surface area contributed by atoms with Gasteiger partial charge < -0.3 is 23.8 Å². The van der Waals surface area contributed by atoms with Crippen molar-refractivity contribution in [2.75, 3.05) is 28.1 Å². The number of fused-ring (bicyclic) bond motifs is 6. The molecule has 0 spiro atoms. The van der Waals surface area contributed by atoms with Crippen LogP contribution in [-0.4, -0.2) is 28.1 Å². The van der Waals surface area contributed by atoms with E-state index in [-0.39, 0.29) is 6.79 Å². The Balaban J connectivity index is 1.84. The maximum Gasteiger partial charge on any atom is 0.231 e. The third-order valence-electron chi connectivity index (χ3n) is 5.30. The van der Waals surface area contributed by atoms with Crippen LogP contribution in [0.15, 0.2) is 36.4 Å². The molecule has 0 saturated carbocycles. The molecule has 5 rings (SSSR count). The van der Waals surface area contributed by atoms with Crippen molar-refractivity contribution in [3.8, 4) is 34.1 Å². The summed E-state index contributed by atoms with van der Waals surface area (Å²) >= 11 is 0. The topological polar surface area (TPSA) is 41.4 Å². The zero-order chi connectivity index (χ0) is 17.8. The number of methoxy groups -OCH3 is 2. The lowest BCUT2D eigenvalue weighted by molar-refractivity contribution is -0.824. The second-order valence-electron chi connectivity index (χ2n) is 6.71. The van der Waals surface area contributed by atoms with Gasteiger partial charge in [0.2, 0.25) is 6.79 Å². The van der Waals surface area contributed by atoms with Crippen molar-refractivity contribution in [1.29, 1.82) is 0 Å². The lowest BCUT2D eigenvalue weighted by atomic mass is 9.89. The summed E-state index contributed by atoms with van der Waals surface area (Å²) in [5.41, 5.74) is 4.80. The molecular formula is C21H20NO4+. The molecule has 0 aliphatic carbocycles. The van der Waals surface area contributed by atoms with Crippen molar-refractivity contribution in [1.82, 2.24) is 0 Å². The van der Waals surface area contributed by atoms with Crippen molar-refractivity contribution in [2.45, 2.75) is 6.54 Å². The summed E-state index contributed by atoms with van der Waals surface area (Å²) in [7, 11) is 5.57.